The molecular weight excluding hydrogens is 214 g/mol. The minimum absolute atomic E-state index is 0.145. The minimum atomic E-state index is -0.145. The molecule has 4 heteroatoms. The summed E-state index contributed by atoms with van der Waals surface area (Å²) in [5.41, 5.74) is 1.01. The topological polar surface area (TPSA) is 42.2 Å². The maximum atomic E-state index is 11.7. The van der Waals surface area contributed by atoms with Gasteiger partial charge in [-0.25, -0.2) is 0 Å². The average Bonchev–Trinajstić information content (AvgIpc) is 2.91. The summed E-state index contributed by atoms with van der Waals surface area (Å²) < 4.78 is 5.10. The molecule has 0 unspecified atom stereocenters. The van der Waals surface area contributed by atoms with Crippen molar-refractivity contribution in [1.29, 1.82) is 0 Å². The Morgan fingerprint density at radius 2 is 2.40 bits per heavy atom. The lowest BCUT2D eigenvalue weighted by atomic mass is 10.1. The second-order valence-corrected chi connectivity index (χ2v) is 4.52. The van der Waals surface area contributed by atoms with E-state index in [0.717, 1.165) is 18.4 Å². The first-order valence-corrected chi connectivity index (χ1v) is 5.59. The van der Waals surface area contributed by atoms with Crippen LogP contribution in [-0.4, -0.2) is 18.3 Å². The van der Waals surface area contributed by atoms with Gasteiger partial charge in [0.05, 0.1) is 6.26 Å². The van der Waals surface area contributed by atoms with Crippen LogP contribution in [0.5, 0.6) is 0 Å². The van der Waals surface area contributed by atoms with Gasteiger partial charge in [-0.1, -0.05) is 0 Å². The third-order valence-electron chi connectivity index (χ3n) is 2.93. The SMILES string of the molecule is Cc1ccoc1C(=O)NCC1(CCl)CC1. The van der Waals surface area contributed by atoms with Crippen LogP contribution in [0, 0.1) is 12.3 Å². The molecule has 1 N–H and O–H groups in total. The largest absolute Gasteiger partial charge is 0.459 e. The summed E-state index contributed by atoms with van der Waals surface area (Å²) >= 11 is 5.82. The summed E-state index contributed by atoms with van der Waals surface area (Å²) in [6, 6.07) is 1.78. The smallest absolute Gasteiger partial charge is 0.287 e. The van der Waals surface area contributed by atoms with Crippen molar-refractivity contribution >= 4 is 17.5 Å². The lowest BCUT2D eigenvalue weighted by molar-refractivity contribution is 0.0918. The molecule has 1 fully saturated rings. The van der Waals surface area contributed by atoms with Crippen LogP contribution in [0.25, 0.3) is 0 Å². The van der Waals surface area contributed by atoms with Crippen LogP contribution in [-0.2, 0) is 0 Å². The van der Waals surface area contributed by atoms with Crippen LogP contribution < -0.4 is 5.32 Å². The molecule has 2 rings (SSSR count). The standard InChI is InChI=1S/C11H14ClNO2/c1-8-2-5-15-9(8)10(14)13-7-11(6-12)3-4-11/h2,5H,3-4,6-7H2,1H3,(H,13,14). The molecule has 1 saturated carbocycles. The highest BCUT2D eigenvalue weighted by atomic mass is 35.5. The van der Waals surface area contributed by atoms with Crippen LogP contribution in [0.15, 0.2) is 16.7 Å². The first kappa shape index (κ1) is 10.6. The fourth-order valence-corrected chi connectivity index (χ4v) is 1.85. The Balaban J connectivity index is 1.91. The Kier molecular flexibility index (Phi) is 2.74. The Hall–Kier alpha value is -0.960. The summed E-state index contributed by atoms with van der Waals surface area (Å²) in [4.78, 5) is 11.7. The Bertz CT molecular complexity index is 368. The predicted octanol–water partition coefficient (Wildman–Crippen LogP) is 2.34. The molecule has 0 aliphatic heterocycles. The van der Waals surface area contributed by atoms with Gasteiger partial charge in [0.2, 0.25) is 0 Å². The van der Waals surface area contributed by atoms with Gasteiger partial charge < -0.3 is 9.73 Å². The van der Waals surface area contributed by atoms with Crippen molar-refractivity contribution in [3.05, 3.63) is 23.7 Å². The highest BCUT2D eigenvalue weighted by Crippen LogP contribution is 2.45. The zero-order chi connectivity index (χ0) is 10.9. The molecule has 3 nitrogen and oxygen atoms in total. The molecule has 82 valence electrons. The molecule has 1 aromatic heterocycles. The van der Waals surface area contributed by atoms with E-state index in [9.17, 15) is 4.79 Å². The van der Waals surface area contributed by atoms with Crippen LogP contribution in [0.3, 0.4) is 0 Å². The third-order valence-corrected chi connectivity index (χ3v) is 3.50. The minimum Gasteiger partial charge on any atom is -0.459 e. The van der Waals surface area contributed by atoms with E-state index in [-0.39, 0.29) is 11.3 Å². The van der Waals surface area contributed by atoms with E-state index in [1.54, 1.807) is 6.07 Å². The first-order chi connectivity index (χ1) is 7.17. The van der Waals surface area contributed by atoms with Crippen molar-refractivity contribution in [2.45, 2.75) is 19.8 Å². The Morgan fingerprint density at radius 3 is 2.87 bits per heavy atom. The molecule has 1 aromatic rings. The van der Waals surface area contributed by atoms with E-state index < -0.39 is 0 Å². The molecule has 0 saturated heterocycles. The van der Waals surface area contributed by atoms with Crippen molar-refractivity contribution in [3.63, 3.8) is 0 Å². The number of carbonyl (C=O) groups excluding carboxylic acids is 1. The van der Waals surface area contributed by atoms with Crippen LogP contribution in [0.2, 0.25) is 0 Å². The van der Waals surface area contributed by atoms with Gasteiger partial charge in [-0.3, -0.25) is 4.79 Å². The van der Waals surface area contributed by atoms with Crippen LogP contribution in [0.1, 0.15) is 29.0 Å². The molecule has 0 spiro atoms. The van der Waals surface area contributed by atoms with Gasteiger partial charge in [0.1, 0.15) is 0 Å². The lowest BCUT2D eigenvalue weighted by Crippen LogP contribution is -2.31. The molecule has 15 heavy (non-hydrogen) atoms. The summed E-state index contributed by atoms with van der Waals surface area (Å²) in [6.07, 6.45) is 3.74. The number of furan rings is 1. The molecule has 1 aliphatic rings. The van der Waals surface area contributed by atoms with E-state index in [1.165, 1.54) is 6.26 Å². The van der Waals surface area contributed by atoms with Gasteiger partial charge in [-0.05, 0) is 25.8 Å². The van der Waals surface area contributed by atoms with Crippen LogP contribution >= 0.6 is 11.6 Å². The first-order valence-electron chi connectivity index (χ1n) is 5.05. The average molecular weight is 228 g/mol. The number of halogens is 1. The fourth-order valence-electron chi connectivity index (χ4n) is 1.49. The molecular formula is C11H14ClNO2. The molecule has 0 aromatic carbocycles. The number of aryl methyl sites for hydroxylation is 1. The zero-order valence-electron chi connectivity index (χ0n) is 8.68. The van der Waals surface area contributed by atoms with Crippen molar-refractivity contribution in [1.82, 2.24) is 5.32 Å². The van der Waals surface area contributed by atoms with Crippen molar-refractivity contribution in [2.75, 3.05) is 12.4 Å². The maximum absolute atomic E-state index is 11.7. The number of carbonyl (C=O) groups is 1. The third kappa shape index (κ3) is 2.17. The van der Waals surface area contributed by atoms with Gasteiger partial charge in [-0.15, -0.1) is 11.6 Å². The highest BCUT2D eigenvalue weighted by molar-refractivity contribution is 6.18. The van der Waals surface area contributed by atoms with E-state index in [2.05, 4.69) is 5.32 Å². The van der Waals surface area contributed by atoms with Gasteiger partial charge in [-0.2, -0.15) is 0 Å². The number of hydrogen-bond donors (Lipinski definition) is 1. The van der Waals surface area contributed by atoms with Gasteiger partial charge in [0, 0.05) is 23.4 Å². The van der Waals surface area contributed by atoms with E-state index in [1.807, 2.05) is 6.92 Å². The maximum Gasteiger partial charge on any atom is 0.287 e. The van der Waals surface area contributed by atoms with Crippen molar-refractivity contribution in [3.8, 4) is 0 Å². The molecule has 0 bridgehead atoms. The number of nitrogens with one attached hydrogen (secondary N) is 1. The van der Waals surface area contributed by atoms with Crippen molar-refractivity contribution in [2.24, 2.45) is 5.41 Å². The normalized spacial score (nSPS) is 17.5. The van der Waals surface area contributed by atoms with Crippen LogP contribution in [0.4, 0.5) is 0 Å². The van der Waals surface area contributed by atoms with Gasteiger partial charge >= 0.3 is 0 Å². The summed E-state index contributed by atoms with van der Waals surface area (Å²) in [5.74, 6) is 0.874. The summed E-state index contributed by atoms with van der Waals surface area (Å²) in [7, 11) is 0. The second kappa shape index (κ2) is 3.89. The molecule has 1 aliphatic carbocycles. The van der Waals surface area contributed by atoms with E-state index >= 15 is 0 Å². The van der Waals surface area contributed by atoms with Gasteiger partial charge in [0.15, 0.2) is 5.76 Å². The molecule has 0 radical (unpaired) electrons. The Morgan fingerprint density at radius 1 is 1.67 bits per heavy atom. The highest BCUT2D eigenvalue weighted by Gasteiger charge is 2.42. The molecule has 1 amide bonds. The van der Waals surface area contributed by atoms with E-state index in [0.29, 0.717) is 18.2 Å². The molecule has 1 heterocycles. The monoisotopic (exact) mass is 227 g/mol. The number of rotatable bonds is 4. The summed E-state index contributed by atoms with van der Waals surface area (Å²) in [6.45, 7) is 2.50. The molecule has 0 atom stereocenters. The zero-order valence-corrected chi connectivity index (χ0v) is 9.43. The Labute approximate surface area is 93.8 Å². The number of hydrogen-bond acceptors (Lipinski definition) is 2. The fraction of sp³-hybridized carbons (Fsp3) is 0.545. The number of amides is 1. The second-order valence-electron chi connectivity index (χ2n) is 4.25. The predicted molar refractivity (Wildman–Crippen MR) is 58.2 cm³/mol. The quantitative estimate of drug-likeness (QED) is 0.803. The number of alkyl halides is 1. The van der Waals surface area contributed by atoms with Gasteiger partial charge in [0.25, 0.3) is 5.91 Å². The van der Waals surface area contributed by atoms with Crippen molar-refractivity contribution < 1.29 is 9.21 Å². The summed E-state index contributed by atoms with van der Waals surface area (Å²) in [5, 5.41) is 2.86. The van der Waals surface area contributed by atoms with E-state index in [4.69, 9.17) is 16.0 Å². The lowest BCUT2D eigenvalue weighted by Gasteiger charge is -2.11.